The maximum absolute atomic E-state index is 13.2. The Morgan fingerprint density at radius 2 is 2.25 bits per heavy atom. The number of nitrogens with zero attached hydrogens (tertiary/aromatic N) is 2. The van der Waals surface area contributed by atoms with Crippen molar-refractivity contribution < 1.29 is 9.31 Å². The van der Waals surface area contributed by atoms with Crippen LogP contribution in [-0.4, -0.2) is 24.1 Å². The van der Waals surface area contributed by atoms with Crippen molar-refractivity contribution in [2.24, 2.45) is 5.73 Å². The van der Waals surface area contributed by atoms with Crippen LogP contribution in [-0.2, 0) is 0 Å². The van der Waals surface area contributed by atoms with Crippen molar-refractivity contribution >= 4 is 11.4 Å². The van der Waals surface area contributed by atoms with Gasteiger partial charge in [-0.1, -0.05) is 0 Å². The number of anilines is 1. The Balaban J connectivity index is 2.30. The highest BCUT2D eigenvalue weighted by Gasteiger charge is 2.21. The zero-order valence-corrected chi connectivity index (χ0v) is 8.60. The lowest BCUT2D eigenvalue weighted by atomic mass is 10.2. The molecule has 0 radical (unpaired) electrons. The molecule has 0 amide bonds. The van der Waals surface area contributed by atoms with Gasteiger partial charge in [0, 0.05) is 30.9 Å². The second-order valence-electron chi connectivity index (χ2n) is 3.92. The van der Waals surface area contributed by atoms with Crippen molar-refractivity contribution in [3.05, 3.63) is 34.1 Å². The molecular weight excluding hydrogens is 213 g/mol. The topological polar surface area (TPSA) is 72.4 Å². The molecule has 1 aliphatic heterocycles. The Hall–Kier alpha value is -1.69. The van der Waals surface area contributed by atoms with Gasteiger partial charge in [-0.3, -0.25) is 10.1 Å². The Morgan fingerprint density at radius 1 is 1.50 bits per heavy atom. The molecule has 0 spiro atoms. The molecule has 1 aliphatic rings. The van der Waals surface area contributed by atoms with E-state index in [4.69, 9.17) is 5.73 Å². The van der Waals surface area contributed by atoms with Gasteiger partial charge in [-0.2, -0.15) is 0 Å². The number of nitro groups is 1. The van der Waals surface area contributed by atoms with Crippen LogP contribution in [0.25, 0.3) is 0 Å². The fraction of sp³-hybridized carbons (Fsp3) is 0.400. The van der Waals surface area contributed by atoms with E-state index in [0.29, 0.717) is 18.8 Å². The first-order chi connectivity index (χ1) is 7.56. The Bertz CT molecular complexity index is 425. The first-order valence-electron chi connectivity index (χ1n) is 5.02. The van der Waals surface area contributed by atoms with E-state index in [9.17, 15) is 14.5 Å². The van der Waals surface area contributed by atoms with Crippen LogP contribution in [0.5, 0.6) is 0 Å². The lowest BCUT2D eigenvalue weighted by Gasteiger charge is -2.17. The first kappa shape index (κ1) is 10.8. The number of hydrogen-bond donors (Lipinski definition) is 1. The van der Waals surface area contributed by atoms with Crippen molar-refractivity contribution in [2.45, 2.75) is 12.5 Å². The normalized spacial score (nSPS) is 20.1. The number of rotatable bonds is 2. The largest absolute Gasteiger partial charge is 0.370 e. The smallest absolute Gasteiger partial charge is 0.274 e. The predicted octanol–water partition coefficient (Wildman–Crippen LogP) is 1.27. The molecule has 16 heavy (non-hydrogen) atoms. The van der Waals surface area contributed by atoms with Crippen molar-refractivity contribution in [1.29, 1.82) is 0 Å². The van der Waals surface area contributed by atoms with Crippen LogP contribution in [0.2, 0.25) is 0 Å². The van der Waals surface area contributed by atoms with Crippen LogP contribution in [0, 0.1) is 15.9 Å². The fourth-order valence-electron chi connectivity index (χ4n) is 1.87. The highest BCUT2D eigenvalue weighted by Crippen LogP contribution is 2.25. The highest BCUT2D eigenvalue weighted by molar-refractivity contribution is 5.54. The summed E-state index contributed by atoms with van der Waals surface area (Å²) in [6, 6.07) is 3.65. The highest BCUT2D eigenvalue weighted by atomic mass is 19.1. The van der Waals surface area contributed by atoms with E-state index in [0.717, 1.165) is 12.5 Å². The summed E-state index contributed by atoms with van der Waals surface area (Å²) in [5, 5.41) is 10.6. The Labute approximate surface area is 91.8 Å². The summed E-state index contributed by atoms with van der Waals surface area (Å²) in [6.45, 7) is 1.32. The van der Waals surface area contributed by atoms with Gasteiger partial charge in [0.15, 0.2) is 0 Å². The maximum atomic E-state index is 13.2. The SMILES string of the molecule is NC1CCN(c2cc(F)cc([N+](=O)[O-])c2)C1. The third-order valence-corrected chi connectivity index (χ3v) is 2.67. The molecular formula is C10H12FN3O2. The van der Waals surface area contributed by atoms with E-state index in [-0.39, 0.29) is 11.7 Å². The summed E-state index contributed by atoms with van der Waals surface area (Å²) in [5.41, 5.74) is 6.03. The van der Waals surface area contributed by atoms with Crippen LogP contribution < -0.4 is 10.6 Å². The molecule has 2 rings (SSSR count). The average molecular weight is 225 g/mol. The van der Waals surface area contributed by atoms with E-state index in [1.807, 2.05) is 4.90 Å². The molecule has 5 nitrogen and oxygen atoms in total. The molecule has 1 aromatic carbocycles. The van der Waals surface area contributed by atoms with Crippen molar-refractivity contribution in [2.75, 3.05) is 18.0 Å². The molecule has 1 saturated heterocycles. The van der Waals surface area contributed by atoms with E-state index in [1.54, 1.807) is 0 Å². The Kier molecular flexibility index (Phi) is 2.74. The summed E-state index contributed by atoms with van der Waals surface area (Å²) < 4.78 is 13.2. The fourth-order valence-corrected chi connectivity index (χ4v) is 1.87. The minimum Gasteiger partial charge on any atom is -0.370 e. The van der Waals surface area contributed by atoms with Crippen LogP contribution in [0.3, 0.4) is 0 Å². The van der Waals surface area contributed by atoms with Gasteiger partial charge in [0.05, 0.1) is 11.0 Å². The lowest BCUT2D eigenvalue weighted by molar-refractivity contribution is -0.385. The molecule has 1 aromatic rings. The van der Waals surface area contributed by atoms with Crippen LogP contribution in [0.15, 0.2) is 18.2 Å². The second-order valence-corrected chi connectivity index (χ2v) is 3.92. The lowest BCUT2D eigenvalue weighted by Crippen LogP contribution is -2.26. The van der Waals surface area contributed by atoms with Crippen molar-refractivity contribution in [3.63, 3.8) is 0 Å². The van der Waals surface area contributed by atoms with E-state index in [1.165, 1.54) is 12.1 Å². The monoisotopic (exact) mass is 225 g/mol. The third kappa shape index (κ3) is 2.11. The number of non-ortho nitro benzene ring substituents is 1. The van der Waals surface area contributed by atoms with Crippen molar-refractivity contribution in [3.8, 4) is 0 Å². The summed E-state index contributed by atoms with van der Waals surface area (Å²) in [5.74, 6) is -0.593. The zero-order chi connectivity index (χ0) is 11.7. The standard InChI is InChI=1S/C10H12FN3O2/c11-7-3-9(5-10(4-7)14(15)16)13-2-1-8(12)6-13/h3-5,8H,1-2,6,12H2. The quantitative estimate of drug-likeness (QED) is 0.607. The summed E-state index contributed by atoms with van der Waals surface area (Å²) in [7, 11) is 0. The Morgan fingerprint density at radius 3 is 2.81 bits per heavy atom. The number of hydrogen-bond acceptors (Lipinski definition) is 4. The minimum atomic E-state index is -0.595. The molecule has 1 atom stereocenters. The molecule has 1 unspecified atom stereocenters. The number of nitro benzene ring substituents is 1. The number of benzene rings is 1. The van der Waals surface area contributed by atoms with Crippen LogP contribution >= 0.6 is 0 Å². The van der Waals surface area contributed by atoms with E-state index >= 15 is 0 Å². The van der Waals surface area contributed by atoms with Crippen molar-refractivity contribution in [1.82, 2.24) is 0 Å². The molecule has 0 aliphatic carbocycles. The van der Waals surface area contributed by atoms with Gasteiger partial charge < -0.3 is 10.6 Å². The van der Waals surface area contributed by atoms with Gasteiger partial charge in [0.25, 0.3) is 5.69 Å². The number of nitrogens with two attached hydrogens (primary N) is 1. The number of halogens is 1. The van der Waals surface area contributed by atoms with Crippen LogP contribution in [0.4, 0.5) is 15.8 Å². The van der Waals surface area contributed by atoms with Gasteiger partial charge in [0.2, 0.25) is 0 Å². The minimum absolute atomic E-state index is 0.0577. The predicted molar refractivity (Wildman–Crippen MR) is 57.9 cm³/mol. The first-order valence-corrected chi connectivity index (χ1v) is 5.02. The molecule has 0 saturated carbocycles. The maximum Gasteiger partial charge on any atom is 0.274 e. The van der Waals surface area contributed by atoms with Gasteiger partial charge in [-0.25, -0.2) is 4.39 Å². The average Bonchev–Trinajstić information content (AvgIpc) is 2.64. The van der Waals surface area contributed by atoms with Gasteiger partial charge in [-0.15, -0.1) is 0 Å². The van der Waals surface area contributed by atoms with Gasteiger partial charge >= 0.3 is 0 Å². The second kappa shape index (κ2) is 4.05. The molecule has 1 fully saturated rings. The van der Waals surface area contributed by atoms with Crippen LogP contribution in [0.1, 0.15) is 6.42 Å². The molecule has 2 N–H and O–H groups in total. The molecule has 0 bridgehead atoms. The summed E-state index contributed by atoms with van der Waals surface area (Å²) >= 11 is 0. The molecule has 1 heterocycles. The molecule has 6 heteroatoms. The molecule has 86 valence electrons. The van der Waals surface area contributed by atoms with Gasteiger partial charge in [-0.05, 0) is 12.5 Å². The van der Waals surface area contributed by atoms with Gasteiger partial charge in [0.1, 0.15) is 5.82 Å². The summed E-state index contributed by atoms with van der Waals surface area (Å²) in [4.78, 5) is 11.8. The summed E-state index contributed by atoms with van der Waals surface area (Å²) in [6.07, 6.45) is 0.824. The third-order valence-electron chi connectivity index (χ3n) is 2.67. The molecule has 0 aromatic heterocycles. The van der Waals surface area contributed by atoms with E-state index < -0.39 is 10.7 Å². The zero-order valence-electron chi connectivity index (χ0n) is 8.60. The van der Waals surface area contributed by atoms with E-state index in [2.05, 4.69) is 0 Å².